The molecule has 0 saturated carbocycles. The predicted molar refractivity (Wildman–Crippen MR) is 245 cm³/mol. The summed E-state index contributed by atoms with van der Waals surface area (Å²) in [5.74, 6) is -4.53. The van der Waals surface area contributed by atoms with Crippen molar-refractivity contribution in [1.29, 1.82) is 5.26 Å². The SMILES string of the molecule is CC#N.CO.Nc1cc(C(F)(F)F)ccc1F.Nc1cc(C(F)(F)F)ccc1F.O=C(Cl)c1ccccc1.O=C(NC(=S)Nc1cc(C(F)(F)F)ccc1F)c1cccnc1.O=[N+]([O-])c1cc(C(F)(F)F)ccc1F. The number of aliphatic hydroxyl groups is 1. The number of carbonyl (C=O) groups is 2. The van der Waals surface area contributed by atoms with E-state index in [1.807, 2.05) is 6.07 Å². The highest BCUT2D eigenvalue weighted by atomic mass is 35.5. The van der Waals surface area contributed by atoms with Crippen LogP contribution < -0.4 is 22.1 Å². The van der Waals surface area contributed by atoms with Crippen LogP contribution in [0.25, 0.3) is 0 Å². The number of hydrogen-bond donors (Lipinski definition) is 5. The van der Waals surface area contributed by atoms with Crippen LogP contribution in [-0.4, -0.2) is 38.4 Å². The number of aromatic nitrogens is 1. The molecule has 404 valence electrons. The van der Waals surface area contributed by atoms with Crippen LogP contribution in [0.5, 0.6) is 0 Å². The first-order valence-corrected chi connectivity index (χ1v) is 20.1. The van der Waals surface area contributed by atoms with Gasteiger partial charge < -0.3 is 21.9 Å². The molecule has 0 aliphatic carbocycles. The molecule has 6 aromatic rings. The van der Waals surface area contributed by atoms with Gasteiger partial charge in [0.25, 0.3) is 11.1 Å². The van der Waals surface area contributed by atoms with Crippen molar-refractivity contribution in [3.05, 3.63) is 194 Å². The van der Waals surface area contributed by atoms with Gasteiger partial charge in [-0.25, -0.2) is 13.2 Å². The Labute approximate surface area is 423 Å². The molecule has 0 bridgehead atoms. The summed E-state index contributed by atoms with van der Waals surface area (Å²) in [4.78, 5) is 34.9. The lowest BCUT2D eigenvalue weighted by atomic mass is 10.2. The van der Waals surface area contributed by atoms with E-state index in [0.29, 0.717) is 72.3 Å². The molecule has 1 aromatic heterocycles. The zero-order chi connectivity index (χ0) is 58.1. The first-order valence-electron chi connectivity index (χ1n) is 19.3. The van der Waals surface area contributed by atoms with Crippen molar-refractivity contribution in [1.82, 2.24) is 10.3 Å². The third kappa shape index (κ3) is 24.9. The molecule has 1 amide bonds. The fourth-order valence-electron chi connectivity index (χ4n) is 4.46. The molecule has 0 aliphatic rings. The molecule has 75 heavy (non-hydrogen) atoms. The number of amides is 1. The van der Waals surface area contributed by atoms with Crippen molar-refractivity contribution in [3.8, 4) is 6.07 Å². The number of nitriles is 1. The van der Waals surface area contributed by atoms with Crippen LogP contribution >= 0.6 is 23.8 Å². The highest BCUT2D eigenvalue weighted by Gasteiger charge is 2.34. The van der Waals surface area contributed by atoms with Gasteiger partial charge in [-0.2, -0.15) is 62.3 Å². The summed E-state index contributed by atoms with van der Waals surface area (Å²) in [6.07, 6.45) is -15.5. The molecule has 6 rings (SSSR count). The fourth-order valence-corrected chi connectivity index (χ4v) is 4.79. The average molecular weight is 1120 g/mol. The van der Waals surface area contributed by atoms with Gasteiger partial charge in [-0.3, -0.25) is 30.0 Å². The van der Waals surface area contributed by atoms with E-state index in [1.54, 1.807) is 30.3 Å². The van der Waals surface area contributed by atoms with Gasteiger partial charge in [-0.15, -0.1) is 0 Å². The van der Waals surface area contributed by atoms with Gasteiger partial charge in [0.1, 0.15) is 17.5 Å². The number of carbonyl (C=O) groups excluding carboxylic acids is 2. The molecule has 0 spiro atoms. The fraction of sp³-hybridized carbons (Fsp3) is 0.133. The number of anilines is 3. The van der Waals surface area contributed by atoms with E-state index in [9.17, 15) is 90.0 Å². The van der Waals surface area contributed by atoms with Gasteiger partial charge in [0.15, 0.2) is 5.11 Å². The third-order valence-electron chi connectivity index (χ3n) is 7.81. The third-order valence-corrected chi connectivity index (χ3v) is 8.23. The van der Waals surface area contributed by atoms with Gasteiger partial charge >= 0.3 is 30.4 Å². The molecule has 1 heterocycles. The Morgan fingerprint density at radius 1 is 0.640 bits per heavy atom. The number of nitrogens with zero attached hydrogens (tertiary/aromatic N) is 3. The Morgan fingerprint density at radius 3 is 1.36 bits per heavy atom. The zero-order valence-corrected chi connectivity index (χ0v) is 39.1. The standard InChI is InChI=1S/C14H9F4N3OS.C7H5ClO.C7H3F4NO2.2C7H5F4N.C2H3N.CH4O/c15-10-4-3-9(14(16,17)18)6-11(10)20-13(23)21-12(22)8-2-1-5-19-7-8;8-7(9)6-4-2-1-3-5-6;8-5-2-1-4(7(9,10)11)3-6(5)12(13)14;2*8-5-2-1-4(3-6(5)12)7(9,10)11;1-2-3;1-2/h1-7H,(H2,20,21,22,23);1-5H;1-3H;2*1-3H,12H2;1H3;2H,1H3. The Hall–Kier alpha value is -8.10. The zero-order valence-electron chi connectivity index (χ0n) is 37.5. The van der Waals surface area contributed by atoms with Crippen LogP contribution in [0.2, 0.25) is 0 Å². The van der Waals surface area contributed by atoms with Crippen molar-refractivity contribution in [2.24, 2.45) is 0 Å². The number of rotatable bonds is 4. The number of pyridine rings is 1. The summed E-state index contributed by atoms with van der Waals surface area (Å²) in [6, 6.07) is 20.1. The van der Waals surface area contributed by atoms with Gasteiger partial charge in [-0.1, -0.05) is 30.3 Å². The number of nitrogens with one attached hydrogen (secondary N) is 2. The van der Waals surface area contributed by atoms with Gasteiger partial charge in [-0.05, 0) is 103 Å². The Balaban J connectivity index is 0.000000925. The summed E-state index contributed by atoms with van der Waals surface area (Å²) in [5, 5.41) is 28.1. The second-order valence-electron chi connectivity index (χ2n) is 13.1. The van der Waals surface area contributed by atoms with E-state index in [-0.39, 0.29) is 16.7 Å². The first kappa shape index (κ1) is 66.9. The minimum absolute atomic E-state index is 0.162. The molecule has 0 aliphatic heterocycles. The van der Waals surface area contributed by atoms with Crippen molar-refractivity contribution < 1.29 is 89.9 Å². The van der Waals surface area contributed by atoms with Crippen molar-refractivity contribution in [2.45, 2.75) is 31.6 Å². The molecule has 0 radical (unpaired) electrons. The summed E-state index contributed by atoms with van der Waals surface area (Å²) < 4.78 is 196. The van der Waals surface area contributed by atoms with Crippen molar-refractivity contribution >= 4 is 62.8 Å². The van der Waals surface area contributed by atoms with E-state index < -0.39 is 109 Å². The van der Waals surface area contributed by atoms with E-state index in [0.717, 1.165) is 7.11 Å². The predicted octanol–water partition coefficient (Wildman–Crippen LogP) is 13.2. The van der Waals surface area contributed by atoms with Crippen molar-refractivity contribution in [3.63, 3.8) is 0 Å². The molecule has 0 fully saturated rings. The molecule has 0 saturated heterocycles. The molecule has 12 nitrogen and oxygen atoms in total. The van der Waals surface area contributed by atoms with Gasteiger partial charge in [0, 0.05) is 38.1 Å². The topological polar surface area (TPSA) is 210 Å². The number of hydrogen-bond acceptors (Lipinski definition) is 10. The smallest absolute Gasteiger partial charge is 0.400 e. The largest absolute Gasteiger partial charge is 0.416 e. The van der Waals surface area contributed by atoms with Crippen LogP contribution in [-0.2, 0) is 24.7 Å². The van der Waals surface area contributed by atoms with Crippen LogP contribution in [0.4, 0.5) is 93.0 Å². The molecular weight excluding hydrogens is 1090 g/mol. The second kappa shape index (κ2) is 30.8. The number of nitrogen functional groups attached to an aromatic ring is 2. The summed E-state index contributed by atoms with van der Waals surface area (Å²) in [7, 11) is 1.00. The lowest BCUT2D eigenvalue weighted by Crippen LogP contribution is -2.34. The minimum atomic E-state index is -4.71. The number of nitro benzene ring substituents is 1. The Morgan fingerprint density at radius 2 is 1.01 bits per heavy atom. The first-order chi connectivity index (χ1) is 34.6. The minimum Gasteiger partial charge on any atom is -0.400 e. The Bertz CT molecular complexity index is 2790. The number of halogens is 17. The lowest BCUT2D eigenvalue weighted by Gasteiger charge is -2.13. The Kier molecular flexibility index (Phi) is 27.5. The molecule has 0 atom stereocenters. The number of alkyl halides is 12. The number of benzene rings is 5. The second-order valence-corrected chi connectivity index (χ2v) is 13.8. The summed E-state index contributed by atoms with van der Waals surface area (Å²) >= 11 is 9.96. The number of aliphatic hydroxyl groups excluding tert-OH is 1. The van der Waals surface area contributed by atoms with E-state index in [2.05, 4.69) is 15.6 Å². The molecular formula is C45H34ClF16N7O5S. The van der Waals surface area contributed by atoms with E-state index in [4.69, 9.17) is 45.7 Å². The normalized spacial score (nSPS) is 10.5. The molecule has 0 unspecified atom stereocenters. The quantitative estimate of drug-likeness (QED) is 0.0280. The van der Waals surface area contributed by atoms with Gasteiger partial charge in [0.05, 0.1) is 55.9 Å². The summed E-state index contributed by atoms with van der Waals surface area (Å²) in [5.41, 5.74) is 3.79. The van der Waals surface area contributed by atoms with E-state index in [1.165, 1.54) is 31.5 Å². The average Bonchev–Trinajstić information content (AvgIpc) is 3.32. The van der Waals surface area contributed by atoms with Crippen molar-refractivity contribution in [2.75, 3.05) is 23.9 Å². The van der Waals surface area contributed by atoms with Crippen LogP contribution in [0.1, 0.15) is 49.9 Å². The highest BCUT2D eigenvalue weighted by Crippen LogP contribution is 2.34. The monoisotopic (exact) mass is 1120 g/mol. The molecule has 30 heteroatoms. The van der Waals surface area contributed by atoms with Crippen LogP contribution in [0, 0.1) is 44.7 Å². The van der Waals surface area contributed by atoms with Crippen LogP contribution in [0.3, 0.4) is 0 Å². The maximum atomic E-state index is 13.6. The van der Waals surface area contributed by atoms with Crippen LogP contribution in [0.15, 0.2) is 128 Å². The highest BCUT2D eigenvalue weighted by molar-refractivity contribution is 7.80. The van der Waals surface area contributed by atoms with E-state index >= 15 is 0 Å². The van der Waals surface area contributed by atoms with Gasteiger partial charge in [0.2, 0.25) is 5.82 Å². The number of nitro groups is 1. The summed E-state index contributed by atoms with van der Waals surface area (Å²) in [6.45, 7) is 1.43. The molecule has 5 aromatic carbocycles. The lowest BCUT2D eigenvalue weighted by molar-refractivity contribution is -0.387. The maximum absolute atomic E-state index is 13.6. The number of nitrogens with two attached hydrogens (primary N) is 2. The molecule has 7 N–H and O–H groups in total. The maximum Gasteiger partial charge on any atom is 0.416 e. The number of thiocarbonyl (C=S) groups is 1.